The fraction of sp³-hybridized carbons (Fsp3) is 0.472. The van der Waals surface area contributed by atoms with Crippen molar-refractivity contribution in [2.75, 3.05) is 26.7 Å². The lowest BCUT2D eigenvalue weighted by molar-refractivity contribution is -0.0891. The number of hydrogen-bond acceptors (Lipinski definition) is 5. The van der Waals surface area contributed by atoms with Crippen molar-refractivity contribution in [1.82, 2.24) is 20.3 Å². The second-order valence-electron chi connectivity index (χ2n) is 10.4. The molecular formula is C36H58N4O. The first kappa shape index (κ1) is 38.2. The molecule has 1 aromatic heterocycles. The van der Waals surface area contributed by atoms with Crippen LogP contribution in [0.5, 0.6) is 0 Å². The van der Waals surface area contributed by atoms with Crippen LogP contribution in [0.25, 0.3) is 11.1 Å². The van der Waals surface area contributed by atoms with Crippen molar-refractivity contribution >= 4 is 0 Å². The zero-order valence-electron chi connectivity index (χ0n) is 27.5. The molecule has 0 radical (unpaired) electrons. The molecule has 0 fully saturated rings. The van der Waals surface area contributed by atoms with Crippen LogP contribution in [0.15, 0.2) is 85.2 Å². The average molecular weight is 563 g/mol. The normalized spacial score (nSPS) is 11.5. The summed E-state index contributed by atoms with van der Waals surface area (Å²) in [6.45, 7) is 24.7. The molecule has 41 heavy (non-hydrogen) atoms. The van der Waals surface area contributed by atoms with Gasteiger partial charge in [-0.3, -0.25) is 9.88 Å². The van der Waals surface area contributed by atoms with Crippen molar-refractivity contribution in [3.05, 3.63) is 102 Å². The number of pyridine rings is 1. The van der Waals surface area contributed by atoms with Crippen LogP contribution in [0.3, 0.4) is 0 Å². The smallest absolute Gasteiger partial charge is 0.0363 e. The lowest BCUT2D eigenvalue weighted by atomic mass is 10.1. The Morgan fingerprint density at radius 2 is 1.56 bits per heavy atom. The molecule has 0 atom stereocenters. The van der Waals surface area contributed by atoms with Crippen molar-refractivity contribution in [2.45, 2.75) is 87.4 Å². The van der Waals surface area contributed by atoms with Gasteiger partial charge in [-0.25, -0.2) is 0 Å². The number of hydroxylamine groups is 2. The standard InChI is InChI=1S/C12H11N.C9H11N.C8H20N2O.C5H10.C2H6/c1-10-4-2-5-11(8-10)12-6-3-7-13-9-12;1-10-6-8-4-2-3-5-9(8)7-10;1-4-6-10(11)7-5-9-8(2)3;1-4-5(2)3;1-2/h2-9H,1H3;2-5H,6-7H2,1H3;8-9,11H,4-7H2,1-3H3;2,4H2,1,3H3;1-2H3. The molecule has 0 spiro atoms. The summed E-state index contributed by atoms with van der Waals surface area (Å²) < 4.78 is 0. The molecule has 0 unspecified atom stereocenters. The van der Waals surface area contributed by atoms with E-state index in [4.69, 9.17) is 5.21 Å². The first-order chi connectivity index (χ1) is 19.7. The summed E-state index contributed by atoms with van der Waals surface area (Å²) in [5, 5.41) is 13.7. The largest absolute Gasteiger partial charge is 0.314 e. The third-order valence-corrected chi connectivity index (χ3v) is 6.02. The highest BCUT2D eigenvalue weighted by molar-refractivity contribution is 5.62. The Morgan fingerprint density at radius 1 is 0.976 bits per heavy atom. The third kappa shape index (κ3) is 19.0. The molecular weight excluding hydrogens is 504 g/mol. The van der Waals surface area contributed by atoms with E-state index in [0.717, 1.165) is 39.0 Å². The molecule has 1 aliphatic heterocycles. The maximum Gasteiger partial charge on any atom is 0.0363 e. The lowest BCUT2D eigenvalue weighted by Crippen LogP contribution is -2.33. The van der Waals surface area contributed by atoms with Crippen molar-refractivity contribution in [1.29, 1.82) is 0 Å². The summed E-state index contributed by atoms with van der Waals surface area (Å²) in [6, 6.07) is 21.6. The SMILES string of the molecule is C=C(C)CC.CC.CCCN(O)CCNC(C)C.CN1Cc2ccccc2C1.Cc1cccc(-c2cccnc2)c1. The molecule has 3 aromatic rings. The molecule has 0 saturated heterocycles. The van der Waals surface area contributed by atoms with E-state index in [0.29, 0.717) is 12.6 Å². The molecule has 5 heteroatoms. The quantitative estimate of drug-likeness (QED) is 0.212. The van der Waals surface area contributed by atoms with E-state index in [1.54, 1.807) is 6.20 Å². The van der Waals surface area contributed by atoms with Gasteiger partial charge in [-0.1, -0.05) is 107 Å². The molecule has 0 saturated carbocycles. The number of fused-ring (bicyclic) bond motifs is 1. The Bertz CT molecular complexity index is 1030. The van der Waals surface area contributed by atoms with Crippen LogP contribution in [0.1, 0.15) is 78.0 Å². The molecule has 0 aliphatic carbocycles. The zero-order chi connectivity index (χ0) is 31.0. The van der Waals surface area contributed by atoms with Crippen LogP contribution < -0.4 is 5.32 Å². The Labute approximate surface area is 252 Å². The second kappa shape index (κ2) is 23.8. The minimum Gasteiger partial charge on any atom is -0.314 e. The Kier molecular flexibility index (Phi) is 22.2. The Balaban J connectivity index is 0.000000530. The average Bonchev–Trinajstić information content (AvgIpc) is 3.36. The fourth-order valence-corrected chi connectivity index (χ4v) is 3.71. The number of hydrogen-bond donors (Lipinski definition) is 2. The van der Waals surface area contributed by atoms with Crippen LogP contribution >= 0.6 is 0 Å². The van der Waals surface area contributed by atoms with Gasteiger partial charge in [0, 0.05) is 51.2 Å². The van der Waals surface area contributed by atoms with Gasteiger partial charge in [-0.05, 0) is 62.1 Å². The van der Waals surface area contributed by atoms with Gasteiger partial charge in [-0.15, -0.1) is 6.58 Å². The number of nitrogens with one attached hydrogen (secondary N) is 1. The van der Waals surface area contributed by atoms with Crippen molar-refractivity contribution in [2.24, 2.45) is 0 Å². The van der Waals surface area contributed by atoms with Gasteiger partial charge in [0.05, 0.1) is 0 Å². The lowest BCUT2D eigenvalue weighted by Gasteiger charge is -2.14. The summed E-state index contributed by atoms with van der Waals surface area (Å²) in [5.41, 5.74) is 7.92. The van der Waals surface area contributed by atoms with Gasteiger partial charge in [0.2, 0.25) is 0 Å². The summed E-state index contributed by atoms with van der Waals surface area (Å²) >= 11 is 0. The van der Waals surface area contributed by atoms with Crippen molar-refractivity contribution in [3.63, 3.8) is 0 Å². The highest BCUT2D eigenvalue weighted by Gasteiger charge is 2.13. The molecule has 5 nitrogen and oxygen atoms in total. The van der Waals surface area contributed by atoms with Gasteiger partial charge in [0.25, 0.3) is 0 Å². The molecule has 2 N–H and O–H groups in total. The monoisotopic (exact) mass is 562 g/mol. The van der Waals surface area contributed by atoms with Crippen LogP contribution in [0.2, 0.25) is 0 Å². The second-order valence-corrected chi connectivity index (χ2v) is 10.4. The number of aromatic nitrogens is 1. The fourth-order valence-electron chi connectivity index (χ4n) is 3.71. The van der Waals surface area contributed by atoms with Gasteiger partial charge in [0.1, 0.15) is 0 Å². The van der Waals surface area contributed by atoms with Gasteiger partial charge in [0.15, 0.2) is 0 Å². The van der Waals surface area contributed by atoms with E-state index in [-0.39, 0.29) is 0 Å². The topological polar surface area (TPSA) is 51.6 Å². The summed E-state index contributed by atoms with van der Waals surface area (Å²) in [6.07, 6.45) is 5.78. The van der Waals surface area contributed by atoms with Crippen LogP contribution in [0, 0.1) is 6.92 Å². The minimum absolute atomic E-state index is 0.505. The number of rotatable bonds is 8. The number of nitrogens with zero attached hydrogens (tertiary/aromatic N) is 3. The first-order valence-electron chi connectivity index (χ1n) is 15.2. The van der Waals surface area contributed by atoms with E-state index in [2.05, 4.69) is 118 Å². The molecule has 2 aromatic carbocycles. The zero-order valence-corrected chi connectivity index (χ0v) is 27.5. The molecule has 2 heterocycles. The maximum atomic E-state index is 9.16. The number of allylic oxidation sites excluding steroid dienone is 1. The van der Waals surface area contributed by atoms with E-state index in [1.807, 2.05) is 33.0 Å². The third-order valence-electron chi connectivity index (χ3n) is 6.02. The van der Waals surface area contributed by atoms with E-state index < -0.39 is 0 Å². The Hall–Kier alpha value is -2.83. The predicted octanol–water partition coefficient (Wildman–Crippen LogP) is 8.77. The Morgan fingerprint density at radius 3 is 2.02 bits per heavy atom. The van der Waals surface area contributed by atoms with E-state index >= 15 is 0 Å². The summed E-state index contributed by atoms with van der Waals surface area (Å²) in [4.78, 5) is 6.41. The number of benzene rings is 2. The summed E-state index contributed by atoms with van der Waals surface area (Å²) in [7, 11) is 2.15. The molecule has 4 rings (SSSR count). The van der Waals surface area contributed by atoms with Gasteiger partial charge < -0.3 is 10.5 Å². The molecule has 1 aliphatic rings. The highest BCUT2D eigenvalue weighted by atomic mass is 16.5. The van der Waals surface area contributed by atoms with Crippen LogP contribution in [0.4, 0.5) is 0 Å². The maximum absolute atomic E-state index is 9.16. The number of aryl methyl sites for hydroxylation is 1. The molecule has 0 bridgehead atoms. The van der Waals surface area contributed by atoms with Crippen molar-refractivity contribution < 1.29 is 5.21 Å². The minimum atomic E-state index is 0.505. The van der Waals surface area contributed by atoms with Crippen molar-refractivity contribution in [3.8, 4) is 11.1 Å². The van der Waals surface area contributed by atoms with Crippen LogP contribution in [-0.2, 0) is 13.1 Å². The highest BCUT2D eigenvalue weighted by Crippen LogP contribution is 2.20. The van der Waals surface area contributed by atoms with Gasteiger partial charge in [-0.2, -0.15) is 5.06 Å². The molecule has 228 valence electrons. The molecule has 0 amide bonds. The van der Waals surface area contributed by atoms with E-state index in [9.17, 15) is 0 Å². The predicted molar refractivity (Wildman–Crippen MR) is 179 cm³/mol. The van der Waals surface area contributed by atoms with Gasteiger partial charge >= 0.3 is 0 Å². The first-order valence-corrected chi connectivity index (χ1v) is 15.2. The van der Waals surface area contributed by atoms with Crippen LogP contribution in [-0.4, -0.2) is 52.9 Å². The van der Waals surface area contributed by atoms with E-state index in [1.165, 1.54) is 38.5 Å². The summed E-state index contributed by atoms with van der Waals surface area (Å²) in [5.74, 6) is 0.